The summed E-state index contributed by atoms with van der Waals surface area (Å²) in [7, 11) is 1.68. The summed E-state index contributed by atoms with van der Waals surface area (Å²) in [4.78, 5) is 11.8. The van der Waals surface area contributed by atoms with Crippen LogP contribution in [0.4, 0.5) is 0 Å². The maximum atomic E-state index is 11.8. The fourth-order valence-electron chi connectivity index (χ4n) is 4.21. The molecule has 4 aromatic rings. The lowest BCUT2D eigenvalue weighted by atomic mass is 9.83. The predicted molar refractivity (Wildman–Crippen MR) is 138 cm³/mol. The first-order chi connectivity index (χ1) is 16.3. The van der Waals surface area contributed by atoms with Crippen molar-refractivity contribution in [1.29, 1.82) is 0 Å². The highest BCUT2D eigenvalue weighted by atomic mass is 16.5. The number of rotatable bonds is 8. The zero-order chi connectivity index (χ0) is 24.3. The summed E-state index contributed by atoms with van der Waals surface area (Å²) in [5.41, 5.74) is 4.29. The largest absolute Gasteiger partial charge is 0.497 e. The van der Waals surface area contributed by atoms with Gasteiger partial charge in [0, 0.05) is 12.6 Å². The maximum absolute atomic E-state index is 11.8. The summed E-state index contributed by atoms with van der Waals surface area (Å²) in [5, 5.41) is 15.6. The smallest absolute Gasteiger partial charge is 0.313 e. The zero-order valence-electron chi connectivity index (χ0n) is 20.1. The Morgan fingerprint density at radius 1 is 0.971 bits per heavy atom. The second-order valence-corrected chi connectivity index (χ2v) is 9.25. The van der Waals surface area contributed by atoms with E-state index in [0.717, 1.165) is 33.2 Å². The molecule has 4 rings (SSSR count). The first-order valence-corrected chi connectivity index (χ1v) is 11.5. The standard InChI is InChI=1S/C30H31NO3/c1-20(22-10-8-13-26(18-22)34-4)31-19-21-15-23-9-5-6-14-27(23)28(16-21)24-11-7-12-25(17-24)30(2,3)29(32)33/h5-18,20,31H,19H2,1-4H3,(H,32,33). The molecule has 4 heteroatoms. The quantitative estimate of drug-likeness (QED) is 0.311. The van der Waals surface area contributed by atoms with Crippen LogP contribution in [0, 0.1) is 0 Å². The first kappa shape index (κ1) is 23.5. The lowest BCUT2D eigenvalue weighted by Crippen LogP contribution is -2.28. The second kappa shape index (κ2) is 9.70. The molecule has 34 heavy (non-hydrogen) atoms. The van der Waals surface area contributed by atoms with Gasteiger partial charge in [0.15, 0.2) is 0 Å². The molecule has 2 N–H and O–H groups in total. The Bertz CT molecular complexity index is 1330. The number of aliphatic carboxylic acids is 1. The van der Waals surface area contributed by atoms with Crippen LogP contribution in [0.1, 0.15) is 43.5 Å². The third-order valence-corrected chi connectivity index (χ3v) is 6.56. The van der Waals surface area contributed by atoms with Crippen molar-refractivity contribution in [3.63, 3.8) is 0 Å². The highest BCUT2D eigenvalue weighted by Crippen LogP contribution is 2.33. The number of fused-ring (bicyclic) bond motifs is 1. The SMILES string of the molecule is COc1cccc(C(C)NCc2cc(-c3cccc(C(C)(C)C(=O)O)c3)c3ccccc3c2)c1. The zero-order valence-corrected chi connectivity index (χ0v) is 20.1. The van der Waals surface area contributed by atoms with Crippen molar-refractivity contribution in [3.8, 4) is 16.9 Å². The lowest BCUT2D eigenvalue weighted by molar-refractivity contribution is -0.142. The van der Waals surface area contributed by atoms with Crippen molar-refractivity contribution >= 4 is 16.7 Å². The van der Waals surface area contributed by atoms with Crippen LogP contribution >= 0.6 is 0 Å². The number of carboxylic acid groups (broad SMARTS) is 1. The summed E-state index contributed by atoms with van der Waals surface area (Å²) in [6.07, 6.45) is 0. The van der Waals surface area contributed by atoms with E-state index in [0.29, 0.717) is 6.54 Å². The van der Waals surface area contributed by atoms with Crippen LogP contribution in [0.2, 0.25) is 0 Å². The molecule has 174 valence electrons. The highest BCUT2D eigenvalue weighted by Gasteiger charge is 2.29. The highest BCUT2D eigenvalue weighted by molar-refractivity contribution is 5.97. The van der Waals surface area contributed by atoms with Gasteiger partial charge in [0.25, 0.3) is 0 Å². The Kier molecular flexibility index (Phi) is 6.71. The van der Waals surface area contributed by atoms with Gasteiger partial charge in [-0.1, -0.05) is 60.7 Å². The molecule has 0 spiro atoms. The minimum absolute atomic E-state index is 0.157. The van der Waals surface area contributed by atoms with Crippen molar-refractivity contribution in [1.82, 2.24) is 5.32 Å². The van der Waals surface area contributed by atoms with E-state index in [2.05, 4.69) is 54.7 Å². The normalized spacial score (nSPS) is 12.5. The van der Waals surface area contributed by atoms with Gasteiger partial charge in [0.1, 0.15) is 5.75 Å². The Labute approximate surface area is 201 Å². The molecule has 0 saturated heterocycles. The maximum Gasteiger partial charge on any atom is 0.313 e. The van der Waals surface area contributed by atoms with Crippen LogP contribution in [-0.4, -0.2) is 18.2 Å². The van der Waals surface area contributed by atoms with E-state index in [1.807, 2.05) is 42.5 Å². The van der Waals surface area contributed by atoms with Crippen molar-refractivity contribution in [3.05, 3.63) is 102 Å². The lowest BCUT2D eigenvalue weighted by Gasteiger charge is -2.21. The van der Waals surface area contributed by atoms with Crippen molar-refractivity contribution < 1.29 is 14.6 Å². The number of nitrogens with one attached hydrogen (secondary N) is 1. The Hall–Kier alpha value is -3.63. The van der Waals surface area contributed by atoms with Gasteiger partial charge in [0.2, 0.25) is 0 Å². The van der Waals surface area contributed by atoms with Crippen molar-refractivity contribution in [2.45, 2.75) is 38.8 Å². The van der Waals surface area contributed by atoms with Crippen LogP contribution in [0.15, 0.2) is 84.9 Å². The van der Waals surface area contributed by atoms with Gasteiger partial charge < -0.3 is 15.2 Å². The summed E-state index contributed by atoms with van der Waals surface area (Å²) in [6, 6.07) is 28.9. The number of hydrogen-bond acceptors (Lipinski definition) is 3. The van der Waals surface area contributed by atoms with Gasteiger partial charge in [-0.15, -0.1) is 0 Å². The van der Waals surface area contributed by atoms with E-state index in [1.54, 1.807) is 21.0 Å². The van der Waals surface area contributed by atoms with Crippen LogP contribution in [0.5, 0.6) is 5.75 Å². The van der Waals surface area contributed by atoms with Crippen LogP contribution in [0.25, 0.3) is 21.9 Å². The molecule has 0 radical (unpaired) electrons. The first-order valence-electron chi connectivity index (χ1n) is 11.5. The molecule has 0 aromatic heterocycles. The summed E-state index contributed by atoms with van der Waals surface area (Å²) < 4.78 is 5.36. The van der Waals surface area contributed by atoms with Gasteiger partial charge in [-0.3, -0.25) is 4.79 Å². The van der Waals surface area contributed by atoms with Crippen LogP contribution in [0.3, 0.4) is 0 Å². The molecule has 1 atom stereocenters. The van der Waals surface area contributed by atoms with Crippen molar-refractivity contribution in [2.24, 2.45) is 0 Å². The van der Waals surface area contributed by atoms with Crippen LogP contribution in [-0.2, 0) is 16.8 Å². The Morgan fingerprint density at radius 2 is 1.74 bits per heavy atom. The summed E-state index contributed by atoms with van der Waals surface area (Å²) in [5.74, 6) is 0.0160. The Morgan fingerprint density at radius 3 is 2.50 bits per heavy atom. The average molecular weight is 454 g/mol. The second-order valence-electron chi connectivity index (χ2n) is 9.25. The molecule has 0 aliphatic rings. The summed E-state index contributed by atoms with van der Waals surface area (Å²) >= 11 is 0. The van der Waals surface area contributed by atoms with Crippen molar-refractivity contribution in [2.75, 3.05) is 7.11 Å². The number of benzene rings is 4. The molecule has 0 amide bonds. The monoisotopic (exact) mass is 453 g/mol. The van der Waals surface area contributed by atoms with Gasteiger partial charge in [-0.2, -0.15) is 0 Å². The van der Waals surface area contributed by atoms with E-state index in [4.69, 9.17) is 4.74 Å². The van der Waals surface area contributed by atoms with Gasteiger partial charge in [0.05, 0.1) is 12.5 Å². The third-order valence-electron chi connectivity index (χ3n) is 6.56. The third kappa shape index (κ3) is 4.82. The number of ether oxygens (including phenoxy) is 1. The molecule has 0 fully saturated rings. The van der Waals surface area contributed by atoms with Gasteiger partial charge in [-0.25, -0.2) is 0 Å². The van der Waals surface area contributed by atoms with Gasteiger partial charge >= 0.3 is 5.97 Å². The van der Waals surface area contributed by atoms with E-state index in [9.17, 15) is 9.90 Å². The fourth-order valence-corrected chi connectivity index (χ4v) is 4.21. The molecular weight excluding hydrogens is 422 g/mol. The Balaban J connectivity index is 1.68. The van der Waals surface area contributed by atoms with Crippen LogP contribution < -0.4 is 10.1 Å². The molecule has 4 aromatic carbocycles. The predicted octanol–water partition coefficient (Wildman–Crippen LogP) is 6.73. The topological polar surface area (TPSA) is 58.6 Å². The fraction of sp³-hybridized carbons (Fsp3) is 0.233. The molecule has 0 aliphatic carbocycles. The molecule has 0 saturated carbocycles. The molecule has 0 bridgehead atoms. The number of hydrogen-bond donors (Lipinski definition) is 2. The molecular formula is C30H31NO3. The van der Waals surface area contributed by atoms with E-state index in [1.165, 1.54) is 11.1 Å². The number of methoxy groups -OCH3 is 1. The summed E-state index contributed by atoms with van der Waals surface area (Å²) in [6.45, 7) is 6.34. The minimum atomic E-state index is -0.961. The minimum Gasteiger partial charge on any atom is -0.497 e. The molecule has 0 heterocycles. The number of carbonyl (C=O) groups is 1. The average Bonchev–Trinajstić information content (AvgIpc) is 2.86. The molecule has 0 aliphatic heterocycles. The van der Waals surface area contributed by atoms with E-state index in [-0.39, 0.29) is 6.04 Å². The molecule has 4 nitrogen and oxygen atoms in total. The molecule has 1 unspecified atom stereocenters. The van der Waals surface area contributed by atoms with Gasteiger partial charge in [-0.05, 0) is 83.6 Å². The van der Waals surface area contributed by atoms with E-state index >= 15 is 0 Å². The number of carboxylic acids is 1. The van der Waals surface area contributed by atoms with E-state index < -0.39 is 11.4 Å².